The molecular weight excluding hydrogens is 278 g/mol. The van der Waals surface area contributed by atoms with Gasteiger partial charge in [0.15, 0.2) is 0 Å². The number of benzene rings is 2. The molecule has 2 nitrogen and oxygen atoms in total. The van der Waals surface area contributed by atoms with E-state index in [9.17, 15) is 5.11 Å². The maximum Gasteiger partial charge on any atom is 0.0673 e. The van der Waals surface area contributed by atoms with Crippen LogP contribution in [0.25, 0.3) is 0 Å². The van der Waals surface area contributed by atoms with Crippen molar-refractivity contribution in [3.8, 4) is 0 Å². The van der Waals surface area contributed by atoms with Gasteiger partial charge in [0.25, 0.3) is 0 Å². The zero-order chi connectivity index (χ0) is 15.1. The second-order valence-electron chi connectivity index (χ2n) is 5.27. The maximum absolute atomic E-state index is 10.0. The Morgan fingerprint density at radius 3 is 2.10 bits per heavy atom. The van der Waals surface area contributed by atoms with Crippen molar-refractivity contribution in [3.63, 3.8) is 0 Å². The summed E-state index contributed by atoms with van der Waals surface area (Å²) in [5.74, 6) is 0.846. The standard InChI is InChI=1S/C18H23NOS/c1-14(16-9-5-3-6-10-16)19-18(15(2)20)13-21-17-11-7-4-8-12-17/h3-12,14-15,18-20H,13H2,1-2H3/t14-,15+,18-/m0/s1. The Bertz CT molecular complexity index is 515. The lowest BCUT2D eigenvalue weighted by molar-refractivity contribution is 0.149. The zero-order valence-corrected chi connectivity index (χ0v) is 13.4. The molecule has 0 heterocycles. The topological polar surface area (TPSA) is 32.3 Å². The van der Waals surface area contributed by atoms with Crippen LogP contribution >= 0.6 is 11.8 Å². The lowest BCUT2D eigenvalue weighted by Gasteiger charge is -2.25. The molecule has 0 saturated heterocycles. The third kappa shape index (κ3) is 5.20. The van der Waals surface area contributed by atoms with Crippen LogP contribution in [0.4, 0.5) is 0 Å². The highest BCUT2D eigenvalue weighted by Gasteiger charge is 2.18. The quantitative estimate of drug-likeness (QED) is 0.761. The molecule has 3 heteroatoms. The normalized spacial score (nSPS) is 15.4. The van der Waals surface area contributed by atoms with Gasteiger partial charge in [-0.15, -0.1) is 11.8 Å². The van der Waals surface area contributed by atoms with E-state index in [0.29, 0.717) is 0 Å². The van der Waals surface area contributed by atoms with Gasteiger partial charge in [0, 0.05) is 22.7 Å². The predicted octanol–water partition coefficient (Wildman–Crippen LogP) is 3.88. The SMILES string of the molecule is C[C@H](N[C@@H](CSc1ccccc1)[C@@H](C)O)c1ccccc1. The molecule has 3 atom stereocenters. The number of thioether (sulfide) groups is 1. The van der Waals surface area contributed by atoms with E-state index in [4.69, 9.17) is 0 Å². The second-order valence-corrected chi connectivity index (χ2v) is 6.36. The number of aliphatic hydroxyl groups excluding tert-OH is 1. The molecule has 0 radical (unpaired) electrons. The first-order valence-corrected chi connectivity index (χ1v) is 8.32. The van der Waals surface area contributed by atoms with E-state index in [1.54, 1.807) is 11.8 Å². The van der Waals surface area contributed by atoms with Gasteiger partial charge in [-0.1, -0.05) is 48.5 Å². The van der Waals surface area contributed by atoms with E-state index in [-0.39, 0.29) is 18.2 Å². The third-order valence-corrected chi connectivity index (χ3v) is 4.65. The van der Waals surface area contributed by atoms with Gasteiger partial charge in [-0.05, 0) is 31.5 Å². The van der Waals surface area contributed by atoms with Crippen molar-refractivity contribution in [2.45, 2.75) is 36.9 Å². The first kappa shape index (κ1) is 16.1. The van der Waals surface area contributed by atoms with Crippen molar-refractivity contribution >= 4 is 11.8 Å². The Labute approximate surface area is 131 Å². The maximum atomic E-state index is 10.0. The minimum atomic E-state index is -0.382. The van der Waals surface area contributed by atoms with Gasteiger partial charge in [-0.25, -0.2) is 0 Å². The van der Waals surface area contributed by atoms with Crippen molar-refractivity contribution in [3.05, 3.63) is 66.2 Å². The molecule has 0 fully saturated rings. The van der Waals surface area contributed by atoms with Crippen LogP contribution in [0.1, 0.15) is 25.5 Å². The molecule has 0 aliphatic carbocycles. The van der Waals surface area contributed by atoms with Crippen molar-refractivity contribution < 1.29 is 5.11 Å². The summed E-state index contributed by atoms with van der Waals surface area (Å²) in [5, 5.41) is 13.5. The molecule has 0 aromatic heterocycles. The van der Waals surface area contributed by atoms with Crippen LogP contribution in [-0.4, -0.2) is 23.0 Å². The summed E-state index contributed by atoms with van der Waals surface area (Å²) in [5.41, 5.74) is 1.24. The van der Waals surface area contributed by atoms with Gasteiger partial charge < -0.3 is 10.4 Å². The summed E-state index contributed by atoms with van der Waals surface area (Å²) in [6, 6.07) is 20.9. The van der Waals surface area contributed by atoms with E-state index in [2.05, 4.69) is 36.5 Å². The summed E-state index contributed by atoms with van der Waals surface area (Å²) >= 11 is 1.77. The van der Waals surface area contributed by atoms with Gasteiger partial charge >= 0.3 is 0 Å². The summed E-state index contributed by atoms with van der Waals surface area (Å²) in [6.45, 7) is 3.98. The van der Waals surface area contributed by atoms with E-state index < -0.39 is 0 Å². The van der Waals surface area contributed by atoms with E-state index in [1.165, 1.54) is 10.5 Å². The number of nitrogens with one attached hydrogen (secondary N) is 1. The van der Waals surface area contributed by atoms with Crippen molar-refractivity contribution in [2.24, 2.45) is 0 Å². The lowest BCUT2D eigenvalue weighted by Crippen LogP contribution is -2.41. The number of hydrogen-bond donors (Lipinski definition) is 2. The fourth-order valence-corrected chi connectivity index (χ4v) is 3.28. The highest BCUT2D eigenvalue weighted by atomic mass is 32.2. The average molecular weight is 301 g/mol. The third-order valence-electron chi connectivity index (χ3n) is 3.52. The Morgan fingerprint density at radius 1 is 0.952 bits per heavy atom. The molecule has 2 aromatic rings. The smallest absolute Gasteiger partial charge is 0.0673 e. The van der Waals surface area contributed by atoms with Crippen LogP contribution in [0.3, 0.4) is 0 Å². The molecule has 2 aromatic carbocycles. The van der Waals surface area contributed by atoms with Crippen LogP contribution in [0.2, 0.25) is 0 Å². The van der Waals surface area contributed by atoms with Crippen LogP contribution in [0, 0.1) is 0 Å². The fourth-order valence-electron chi connectivity index (χ4n) is 2.19. The highest BCUT2D eigenvalue weighted by Crippen LogP contribution is 2.21. The molecule has 0 aliphatic heterocycles. The summed E-state index contributed by atoms with van der Waals surface area (Å²) in [7, 11) is 0. The van der Waals surface area contributed by atoms with Crippen LogP contribution in [0.15, 0.2) is 65.6 Å². The monoisotopic (exact) mass is 301 g/mol. The molecule has 2 rings (SSSR count). The molecule has 0 spiro atoms. The number of aliphatic hydroxyl groups is 1. The number of hydrogen-bond acceptors (Lipinski definition) is 3. The zero-order valence-electron chi connectivity index (χ0n) is 12.6. The average Bonchev–Trinajstić information content (AvgIpc) is 2.52. The fraction of sp³-hybridized carbons (Fsp3) is 0.333. The predicted molar refractivity (Wildman–Crippen MR) is 90.6 cm³/mol. The summed E-state index contributed by atoms with van der Waals surface area (Å²) in [4.78, 5) is 1.23. The van der Waals surface area contributed by atoms with Crippen molar-refractivity contribution in [2.75, 3.05) is 5.75 Å². The molecule has 112 valence electrons. The van der Waals surface area contributed by atoms with Crippen molar-refractivity contribution in [1.82, 2.24) is 5.32 Å². The molecule has 0 saturated carbocycles. The molecule has 0 amide bonds. The minimum Gasteiger partial charge on any atom is -0.392 e. The van der Waals surface area contributed by atoms with Crippen molar-refractivity contribution in [1.29, 1.82) is 0 Å². The molecular formula is C18H23NOS. The highest BCUT2D eigenvalue weighted by molar-refractivity contribution is 7.99. The molecule has 0 unspecified atom stereocenters. The van der Waals surface area contributed by atoms with E-state index >= 15 is 0 Å². The summed E-state index contributed by atoms with van der Waals surface area (Å²) in [6.07, 6.45) is -0.382. The second kappa shape index (κ2) is 8.23. The Kier molecular flexibility index (Phi) is 6.30. The Morgan fingerprint density at radius 2 is 1.52 bits per heavy atom. The molecule has 2 N–H and O–H groups in total. The van der Waals surface area contributed by atoms with Gasteiger partial charge in [-0.2, -0.15) is 0 Å². The summed E-state index contributed by atoms with van der Waals surface area (Å²) < 4.78 is 0. The van der Waals surface area contributed by atoms with Gasteiger partial charge in [0.05, 0.1) is 6.10 Å². The van der Waals surface area contributed by atoms with Gasteiger partial charge in [0.2, 0.25) is 0 Å². The van der Waals surface area contributed by atoms with E-state index in [1.807, 2.05) is 43.3 Å². The Hall–Kier alpha value is -1.29. The van der Waals surface area contributed by atoms with E-state index in [0.717, 1.165) is 5.75 Å². The Balaban J connectivity index is 1.93. The van der Waals surface area contributed by atoms with Gasteiger partial charge in [0.1, 0.15) is 0 Å². The van der Waals surface area contributed by atoms with Gasteiger partial charge in [-0.3, -0.25) is 0 Å². The number of rotatable bonds is 7. The van der Waals surface area contributed by atoms with Crippen LogP contribution < -0.4 is 5.32 Å². The minimum absolute atomic E-state index is 0.0606. The largest absolute Gasteiger partial charge is 0.392 e. The van der Waals surface area contributed by atoms with Crippen LogP contribution in [-0.2, 0) is 0 Å². The first-order chi connectivity index (χ1) is 10.2. The molecule has 0 aliphatic rings. The molecule has 21 heavy (non-hydrogen) atoms. The first-order valence-electron chi connectivity index (χ1n) is 7.33. The molecule has 0 bridgehead atoms. The lowest BCUT2D eigenvalue weighted by atomic mass is 10.1. The van der Waals surface area contributed by atoms with Crippen LogP contribution in [0.5, 0.6) is 0 Å².